The van der Waals surface area contributed by atoms with Crippen LogP contribution in [0.2, 0.25) is 0 Å². The summed E-state index contributed by atoms with van der Waals surface area (Å²) in [6.07, 6.45) is 2.42. The smallest absolute Gasteiger partial charge is 0.109 e. The van der Waals surface area contributed by atoms with E-state index in [4.69, 9.17) is 4.42 Å². The van der Waals surface area contributed by atoms with Crippen molar-refractivity contribution in [3.63, 3.8) is 0 Å². The van der Waals surface area contributed by atoms with Crippen molar-refractivity contribution in [2.45, 2.75) is 58.8 Å². The van der Waals surface area contributed by atoms with E-state index in [2.05, 4.69) is 46.8 Å². The normalized spacial score (nSPS) is 14.4. The molecule has 1 atom stereocenters. The summed E-state index contributed by atoms with van der Waals surface area (Å²) in [5.74, 6) is 2.78. The Labute approximate surface area is 87.5 Å². The lowest BCUT2D eigenvalue weighted by Gasteiger charge is -2.15. The van der Waals surface area contributed by atoms with Gasteiger partial charge in [-0.1, -0.05) is 41.0 Å². The highest BCUT2D eigenvalue weighted by atomic mass is 16.3. The Morgan fingerprint density at radius 3 is 2.36 bits per heavy atom. The Bertz CT molecular complexity index is 278. The molecule has 0 saturated heterocycles. The van der Waals surface area contributed by atoms with Gasteiger partial charge in [-0.05, 0) is 18.6 Å². The minimum Gasteiger partial charge on any atom is -0.465 e. The first-order chi connectivity index (χ1) is 6.45. The highest BCUT2D eigenvalue weighted by Crippen LogP contribution is 2.29. The quantitative estimate of drug-likeness (QED) is 0.691. The van der Waals surface area contributed by atoms with Crippen molar-refractivity contribution >= 4 is 0 Å². The molecule has 0 spiro atoms. The first-order valence-electron chi connectivity index (χ1n) is 5.55. The van der Waals surface area contributed by atoms with E-state index >= 15 is 0 Å². The standard InChI is InChI=1S/C13H22O/c1-6-7-10(2)11-8-9-12(14-11)13(3,4)5/h8-10H,6-7H2,1-5H3. The maximum absolute atomic E-state index is 5.86. The Balaban J connectivity index is 2.78. The van der Waals surface area contributed by atoms with Crippen molar-refractivity contribution in [1.82, 2.24) is 0 Å². The van der Waals surface area contributed by atoms with Crippen LogP contribution in [0.4, 0.5) is 0 Å². The summed E-state index contributed by atoms with van der Waals surface area (Å²) in [6.45, 7) is 11.0. The van der Waals surface area contributed by atoms with Crippen LogP contribution < -0.4 is 0 Å². The summed E-state index contributed by atoms with van der Waals surface area (Å²) in [7, 11) is 0. The maximum Gasteiger partial charge on any atom is 0.109 e. The summed E-state index contributed by atoms with van der Waals surface area (Å²) in [5.41, 5.74) is 0.129. The molecule has 0 N–H and O–H groups in total. The third-order valence-electron chi connectivity index (χ3n) is 2.57. The summed E-state index contributed by atoms with van der Waals surface area (Å²) in [4.78, 5) is 0. The van der Waals surface area contributed by atoms with E-state index < -0.39 is 0 Å². The minimum atomic E-state index is 0.129. The van der Waals surface area contributed by atoms with Gasteiger partial charge in [0.2, 0.25) is 0 Å². The lowest BCUT2D eigenvalue weighted by Crippen LogP contribution is -2.09. The molecule has 80 valence electrons. The second-order valence-corrected chi connectivity index (χ2v) is 5.14. The summed E-state index contributed by atoms with van der Waals surface area (Å²) in [6, 6.07) is 4.24. The number of hydrogen-bond acceptors (Lipinski definition) is 1. The van der Waals surface area contributed by atoms with Crippen molar-refractivity contribution in [2.75, 3.05) is 0 Å². The molecular weight excluding hydrogens is 172 g/mol. The molecule has 0 radical (unpaired) electrons. The first-order valence-corrected chi connectivity index (χ1v) is 5.55. The number of rotatable bonds is 3. The second kappa shape index (κ2) is 4.20. The van der Waals surface area contributed by atoms with Crippen LogP contribution in [0.5, 0.6) is 0 Å². The van der Waals surface area contributed by atoms with Crippen molar-refractivity contribution in [3.05, 3.63) is 23.7 Å². The fourth-order valence-corrected chi connectivity index (χ4v) is 1.60. The fraction of sp³-hybridized carbons (Fsp3) is 0.692. The molecule has 0 aliphatic rings. The third kappa shape index (κ3) is 2.63. The van der Waals surface area contributed by atoms with Gasteiger partial charge in [0, 0.05) is 11.3 Å². The molecule has 0 amide bonds. The molecule has 1 heteroatoms. The zero-order valence-corrected chi connectivity index (χ0v) is 10.1. The van der Waals surface area contributed by atoms with Gasteiger partial charge in [-0.15, -0.1) is 0 Å². The minimum absolute atomic E-state index is 0.129. The molecule has 0 aliphatic heterocycles. The van der Waals surface area contributed by atoms with Gasteiger partial charge in [-0.25, -0.2) is 0 Å². The summed E-state index contributed by atoms with van der Waals surface area (Å²) >= 11 is 0. The average Bonchev–Trinajstić information content (AvgIpc) is 2.51. The van der Waals surface area contributed by atoms with E-state index in [-0.39, 0.29) is 5.41 Å². The van der Waals surface area contributed by atoms with E-state index in [1.54, 1.807) is 0 Å². The van der Waals surface area contributed by atoms with Crippen LogP contribution in [0.25, 0.3) is 0 Å². The Kier molecular flexibility index (Phi) is 3.41. The van der Waals surface area contributed by atoms with Gasteiger partial charge in [0.1, 0.15) is 11.5 Å². The van der Waals surface area contributed by atoms with Gasteiger partial charge in [-0.2, -0.15) is 0 Å². The van der Waals surface area contributed by atoms with E-state index in [0.717, 1.165) is 11.5 Å². The van der Waals surface area contributed by atoms with Crippen molar-refractivity contribution in [3.8, 4) is 0 Å². The van der Waals surface area contributed by atoms with E-state index in [1.807, 2.05) is 0 Å². The lowest BCUT2D eigenvalue weighted by atomic mass is 9.94. The van der Waals surface area contributed by atoms with Gasteiger partial charge >= 0.3 is 0 Å². The van der Waals surface area contributed by atoms with Crippen LogP contribution in [-0.4, -0.2) is 0 Å². The van der Waals surface area contributed by atoms with Gasteiger partial charge in [-0.3, -0.25) is 0 Å². The largest absolute Gasteiger partial charge is 0.465 e. The molecule has 0 aromatic carbocycles. The second-order valence-electron chi connectivity index (χ2n) is 5.14. The Hall–Kier alpha value is -0.720. The highest BCUT2D eigenvalue weighted by molar-refractivity contribution is 5.16. The van der Waals surface area contributed by atoms with Crippen molar-refractivity contribution < 1.29 is 4.42 Å². The molecule has 0 fully saturated rings. The molecule has 1 rings (SSSR count). The van der Waals surface area contributed by atoms with Crippen LogP contribution in [0, 0.1) is 0 Å². The van der Waals surface area contributed by atoms with Gasteiger partial charge < -0.3 is 4.42 Å². The first kappa shape index (κ1) is 11.4. The van der Waals surface area contributed by atoms with Crippen molar-refractivity contribution in [1.29, 1.82) is 0 Å². The third-order valence-corrected chi connectivity index (χ3v) is 2.57. The molecule has 1 heterocycles. The summed E-state index contributed by atoms with van der Waals surface area (Å²) in [5, 5.41) is 0. The maximum atomic E-state index is 5.86. The molecule has 0 bridgehead atoms. The molecule has 1 aromatic rings. The SMILES string of the molecule is CCCC(C)c1ccc(C(C)(C)C)o1. The average molecular weight is 194 g/mol. The predicted octanol–water partition coefficient (Wildman–Crippen LogP) is 4.48. The summed E-state index contributed by atoms with van der Waals surface area (Å²) < 4.78 is 5.86. The van der Waals surface area contributed by atoms with Gasteiger partial charge in [0.05, 0.1) is 0 Å². The van der Waals surface area contributed by atoms with Crippen LogP contribution in [0.3, 0.4) is 0 Å². The van der Waals surface area contributed by atoms with Crippen LogP contribution in [0.15, 0.2) is 16.5 Å². The topological polar surface area (TPSA) is 13.1 Å². The lowest BCUT2D eigenvalue weighted by molar-refractivity contribution is 0.368. The molecule has 0 aliphatic carbocycles. The number of hydrogen-bond donors (Lipinski definition) is 0. The molecule has 14 heavy (non-hydrogen) atoms. The molecule has 1 aromatic heterocycles. The highest BCUT2D eigenvalue weighted by Gasteiger charge is 2.19. The van der Waals surface area contributed by atoms with Crippen molar-refractivity contribution in [2.24, 2.45) is 0 Å². The van der Waals surface area contributed by atoms with Gasteiger partial charge in [0.15, 0.2) is 0 Å². The monoisotopic (exact) mass is 194 g/mol. The molecule has 1 nitrogen and oxygen atoms in total. The van der Waals surface area contributed by atoms with Gasteiger partial charge in [0.25, 0.3) is 0 Å². The predicted molar refractivity (Wildman–Crippen MR) is 60.7 cm³/mol. The van der Waals surface area contributed by atoms with E-state index in [1.165, 1.54) is 12.8 Å². The zero-order valence-electron chi connectivity index (χ0n) is 10.1. The van der Waals surface area contributed by atoms with Crippen LogP contribution in [0.1, 0.15) is 64.9 Å². The Morgan fingerprint density at radius 2 is 1.93 bits per heavy atom. The zero-order chi connectivity index (χ0) is 10.8. The van der Waals surface area contributed by atoms with E-state index in [9.17, 15) is 0 Å². The molecule has 0 saturated carbocycles. The molecular formula is C13H22O. The van der Waals surface area contributed by atoms with E-state index in [0.29, 0.717) is 5.92 Å². The Morgan fingerprint density at radius 1 is 1.29 bits per heavy atom. The van der Waals surface area contributed by atoms with Crippen LogP contribution in [-0.2, 0) is 5.41 Å². The number of furan rings is 1. The fourth-order valence-electron chi connectivity index (χ4n) is 1.60. The van der Waals surface area contributed by atoms with Crippen LogP contribution >= 0.6 is 0 Å². The molecule has 1 unspecified atom stereocenters.